The van der Waals surface area contributed by atoms with Gasteiger partial charge in [0, 0.05) is 12.1 Å². The minimum atomic E-state index is -0.539. The highest BCUT2D eigenvalue weighted by molar-refractivity contribution is 5.92. The molecule has 1 fully saturated rings. The molecule has 0 saturated carbocycles. The van der Waals surface area contributed by atoms with E-state index < -0.39 is 10.9 Å². The Morgan fingerprint density at radius 2 is 2.33 bits per heavy atom. The van der Waals surface area contributed by atoms with Crippen molar-refractivity contribution in [2.24, 2.45) is 0 Å². The first-order chi connectivity index (χ1) is 8.65. The molecule has 96 valence electrons. The summed E-state index contributed by atoms with van der Waals surface area (Å²) in [6.07, 6.45) is 1.73. The SMILES string of the molecule is COC(=O)c1cccc([N+](=O)[O-])c1C1CCCN1. The zero-order valence-corrected chi connectivity index (χ0v) is 10.0. The number of nitro groups is 1. The van der Waals surface area contributed by atoms with Crippen molar-refractivity contribution in [3.8, 4) is 0 Å². The van der Waals surface area contributed by atoms with Gasteiger partial charge < -0.3 is 10.1 Å². The molecule has 0 aromatic heterocycles. The predicted octanol–water partition coefficient (Wildman–Crippen LogP) is 1.81. The maximum absolute atomic E-state index is 11.7. The zero-order valence-electron chi connectivity index (χ0n) is 10.0. The van der Waals surface area contributed by atoms with Crippen LogP contribution in [0.25, 0.3) is 0 Å². The lowest BCUT2D eigenvalue weighted by atomic mass is 9.97. The molecule has 0 amide bonds. The Kier molecular flexibility index (Phi) is 3.57. The summed E-state index contributed by atoms with van der Waals surface area (Å²) in [5.41, 5.74) is 0.676. The van der Waals surface area contributed by atoms with Crippen molar-refractivity contribution in [1.29, 1.82) is 0 Å². The lowest BCUT2D eigenvalue weighted by molar-refractivity contribution is -0.385. The first-order valence-electron chi connectivity index (χ1n) is 5.74. The van der Waals surface area contributed by atoms with Crippen LogP contribution in [0.15, 0.2) is 18.2 Å². The topological polar surface area (TPSA) is 81.5 Å². The number of methoxy groups -OCH3 is 1. The average molecular weight is 250 g/mol. The van der Waals surface area contributed by atoms with Gasteiger partial charge in [0.05, 0.1) is 23.2 Å². The first kappa shape index (κ1) is 12.5. The molecule has 1 atom stereocenters. The van der Waals surface area contributed by atoms with Crippen LogP contribution in [0, 0.1) is 10.1 Å². The fourth-order valence-corrected chi connectivity index (χ4v) is 2.30. The molecule has 0 spiro atoms. The molecule has 1 aromatic carbocycles. The van der Waals surface area contributed by atoms with Gasteiger partial charge in [-0.3, -0.25) is 10.1 Å². The Morgan fingerprint density at radius 3 is 2.89 bits per heavy atom. The third-order valence-electron chi connectivity index (χ3n) is 3.09. The highest BCUT2D eigenvalue weighted by Gasteiger charge is 2.30. The van der Waals surface area contributed by atoms with Gasteiger partial charge in [0.2, 0.25) is 0 Å². The van der Waals surface area contributed by atoms with Gasteiger partial charge in [0.15, 0.2) is 0 Å². The van der Waals surface area contributed by atoms with Crippen molar-refractivity contribution in [1.82, 2.24) is 5.32 Å². The minimum absolute atomic E-state index is 0.0303. The van der Waals surface area contributed by atoms with E-state index >= 15 is 0 Å². The Labute approximate surface area is 104 Å². The summed E-state index contributed by atoms with van der Waals surface area (Å²) in [6.45, 7) is 0.803. The number of nitrogens with one attached hydrogen (secondary N) is 1. The lowest BCUT2D eigenvalue weighted by Crippen LogP contribution is -2.18. The van der Waals surface area contributed by atoms with E-state index in [-0.39, 0.29) is 17.3 Å². The Morgan fingerprint density at radius 1 is 1.56 bits per heavy atom. The Balaban J connectivity index is 2.55. The fourth-order valence-electron chi connectivity index (χ4n) is 2.30. The maximum atomic E-state index is 11.7. The highest BCUT2D eigenvalue weighted by atomic mass is 16.6. The van der Waals surface area contributed by atoms with Crippen LogP contribution in [-0.4, -0.2) is 24.5 Å². The van der Waals surface area contributed by atoms with Crippen LogP contribution in [0.5, 0.6) is 0 Å². The van der Waals surface area contributed by atoms with Gasteiger partial charge in [-0.1, -0.05) is 6.07 Å². The van der Waals surface area contributed by atoms with E-state index in [4.69, 9.17) is 0 Å². The van der Waals surface area contributed by atoms with Gasteiger partial charge in [-0.25, -0.2) is 4.79 Å². The van der Waals surface area contributed by atoms with E-state index in [1.54, 1.807) is 6.07 Å². The molecule has 1 N–H and O–H groups in total. The molecule has 1 unspecified atom stereocenters. The molecule has 2 rings (SSSR count). The van der Waals surface area contributed by atoms with Crippen LogP contribution in [-0.2, 0) is 4.74 Å². The molecule has 1 aliphatic rings. The van der Waals surface area contributed by atoms with Gasteiger partial charge in [0.25, 0.3) is 5.69 Å². The van der Waals surface area contributed by atoms with Crippen molar-refractivity contribution in [2.45, 2.75) is 18.9 Å². The van der Waals surface area contributed by atoms with Gasteiger partial charge >= 0.3 is 5.97 Å². The van der Waals surface area contributed by atoms with Gasteiger partial charge in [-0.2, -0.15) is 0 Å². The molecule has 1 saturated heterocycles. The van der Waals surface area contributed by atoms with Gasteiger partial charge in [-0.05, 0) is 25.5 Å². The van der Waals surface area contributed by atoms with Crippen LogP contribution in [0.2, 0.25) is 0 Å². The zero-order chi connectivity index (χ0) is 13.1. The van der Waals surface area contributed by atoms with Crippen molar-refractivity contribution in [3.63, 3.8) is 0 Å². The van der Waals surface area contributed by atoms with E-state index in [9.17, 15) is 14.9 Å². The number of esters is 1. The number of rotatable bonds is 3. The average Bonchev–Trinajstić information content (AvgIpc) is 2.90. The quantitative estimate of drug-likeness (QED) is 0.502. The number of carbonyl (C=O) groups excluding carboxylic acids is 1. The molecule has 1 aromatic rings. The summed E-state index contributed by atoms with van der Waals surface area (Å²) >= 11 is 0. The van der Waals surface area contributed by atoms with Gasteiger partial charge in [0.1, 0.15) is 0 Å². The minimum Gasteiger partial charge on any atom is -0.465 e. The third kappa shape index (κ3) is 2.19. The number of hydrogen-bond acceptors (Lipinski definition) is 5. The summed E-state index contributed by atoms with van der Waals surface area (Å²) in [5, 5.41) is 14.2. The molecule has 6 nitrogen and oxygen atoms in total. The number of ether oxygens (including phenoxy) is 1. The van der Waals surface area contributed by atoms with E-state index in [0.29, 0.717) is 5.56 Å². The highest BCUT2D eigenvalue weighted by Crippen LogP contribution is 2.33. The first-order valence-corrected chi connectivity index (χ1v) is 5.74. The molecule has 6 heteroatoms. The summed E-state index contributed by atoms with van der Waals surface area (Å²) in [4.78, 5) is 22.3. The van der Waals surface area contributed by atoms with Crippen LogP contribution >= 0.6 is 0 Å². The van der Waals surface area contributed by atoms with Crippen molar-refractivity contribution in [2.75, 3.05) is 13.7 Å². The molecule has 18 heavy (non-hydrogen) atoms. The largest absolute Gasteiger partial charge is 0.465 e. The molecular weight excluding hydrogens is 236 g/mol. The second-order valence-corrected chi connectivity index (χ2v) is 4.14. The maximum Gasteiger partial charge on any atom is 0.338 e. The van der Waals surface area contributed by atoms with Crippen molar-refractivity contribution < 1.29 is 14.5 Å². The smallest absolute Gasteiger partial charge is 0.338 e. The Hall–Kier alpha value is -1.95. The predicted molar refractivity (Wildman–Crippen MR) is 64.4 cm³/mol. The second kappa shape index (κ2) is 5.14. The molecule has 1 aliphatic heterocycles. The van der Waals surface area contributed by atoms with E-state index in [1.807, 2.05) is 0 Å². The normalized spacial score (nSPS) is 18.6. The summed E-state index contributed by atoms with van der Waals surface area (Å²) in [6, 6.07) is 4.33. The monoisotopic (exact) mass is 250 g/mol. The van der Waals surface area contributed by atoms with Crippen molar-refractivity contribution in [3.05, 3.63) is 39.4 Å². The van der Waals surface area contributed by atoms with Crippen molar-refractivity contribution >= 4 is 11.7 Å². The number of carbonyl (C=O) groups is 1. The number of benzene rings is 1. The molecular formula is C12H14N2O4. The standard InChI is InChI=1S/C12H14N2O4/c1-18-12(15)8-4-2-6-10(14(16)17)11(8)9-5-3-7-13-9/h2,4,6,9,13H,3,5,7H2,1H3. The third-order valence-corrected chi connectivity index (χ3v) is 3.09. The number of nitro benzene ring substituents is 1. The molecule has 0 bridgehead atoms. The second-order valence-electron chi connectivity index (χ2n) is 4.14. The van der Waals surface area contributed by atoms with E-state index in [2.05, 4.69) is 10.1 Å². The van der Waals surface area contributed by atoms with Crippen LogP contribution in [0.3, 0.4) is 0 Å². The van der Waals surface area contributed by atoms with Crippen LogP contribution in [0.1, 0.15) is 34.8 Å². The lowest BCUT2D eigenvalue weighted by Gasteiger charge is -2.14. The van der Waals surface area contributed by atoms with Crippen LogP contribution in [0.4, 0.5) is 5.69 Å². The summed E-state index contributed by atoms with van der Waals surface area (Å²) < 4.78 is 4.68. The van der Waals surface area contributed by atoms with E-state index in [0.717, 1.165) is 19.4 Å². The molecule has 0 aliphatic carbocycles. The van der Waals surface area contributed by atoms with Gasteiger partial charge in [-0.15, -0.1) is 0 Å². The summed E-state index contributed by atoms with van der Waals surface area (Å²) in [7, 11) is 1.27. The molecule has 0 radical (unpaired) electrons. The fraction of sp³-hybridized carbons (Fsp3) is 0.417. The summed E-state index contributed by atoms with van der Waals surface area (Å²) in [5.74, 6) is -0.539. The van der Waals surface area contributed by atoms with Crippen LogP contribution < -0.4 is 5.32 Å². The molecule has 1 heterocycles. The van der Waals surface area contributed by atoms with E-state index in [1.165, 1.54) is 19.2 Å². The number of nitrogens with zero attached hydrogens (tertiary/aromatic N) is 1. The Bertz CT molecular complexity index is 481. The number of hydrogen-bond donors (Lipinski definition) is 1.